The Balaban J connectivity index is 2.97. The standard InChI is InChI=1S/C9H7ClFN/c1-5-7(10)4-8(11)6-2-3-12-9(5)6/h2-4,12H,1H3. The Labute approximate surface area is 74.2 Å². The summed E-state index contributed by atoms with van der Waals surface area (Å²) in [7, 11) is 0. The highest BCUT2D eigenvalue weighted by molar-refractivity contribution is 6.32. The summed E-state index contributed by atoms with van der Waals surface area (Å²) in [4.78, 5) is 2.95. The number of benzene rings is 1. The number of hydrogen-bond acceptors (Lipinski definition) is 0. The highest BCUT2D eigenvalue weighted by Gasteiger charge is 2.07. The number of nitrogens with one attached hydrogen (secondary N) is 1. The lowest BCUT2D eigenvalue weighted by Crippen LogP contribution is -1.82. The quantitative estimate of drug-likeness (QED) is 0.645. The summed E-state index contributed by atoms with van der Waals surface area (Å²) < 4.78 is 13.2. The summed E-state index contributed by atoms with van der Waals surface area (Å²) in [6, 6.07) is 3.04. The van der Waals surface area contributed by atoms with Gasteiger partial charge in [-0.05, 0) is 24.6 Å². The van der Waals surface area contributed by atoms with Crippen molar-refractivity contribution in [3.63, 3.8) is 0 Å². The van der Waals surface area contributed by atoms with Crippen LogP contribution in [0.4, 0.5) is 4.39 Å². The van der Waals surface area contributed by atoms with Crippen LogP contribution < -0.4 is 0 Å². The van der Waals surface area contributed by atoms with Gasteiger partial charge in [0, 0.05) is 16.6 Å². The van der Waals surface area contributed by atoms with E-state index in [0.29, 0.717) is 10.4 Å². The van der Waals surface area contributed by atoms with Crippen molar-refractivity contribution in [3.05, 3.63) is 34.7 Å². The van der Waals surface area contributed by atoms with E-state index in [1.807, 2.05) is 6.92 Å². The monoisotopic (exact) mass is 183 g/mol. The number of aromatic amines is 1. The SMILES string of the molecule is Cc1c(Cl)cc(F)c2cc[nH]c12. The van der Waals surface area contributed by atoms with Crippen molar-refractivity contribution >= 4 is 22.5 Å². The van der Waals surface area contributed by atoms with E-state index in [2.05, 4.69) is 4.98 Å². The lowest BCUT2D eigenvalue weighted by Gasteiger charge is -2.00. The van der Waals surface area contributed by atoms with Crippen LogP contribution in [0, 0.1) is 12.7 Å². The molecule has 1 aromatic carbocycles. The van der Waals surface area contributed by atoms with Crippen molar-refractivity contribution in [2.45, 2.75) is 6.92 Å². The molecule has 0 saturated carbocycles. The molecular formula is C9H7ClFN. The van der Waals surface area contributed by atoms with Gasteiger partial charge in [0.05, 0.1) is 5.52 Å². The first-order valence-corrected chi connectivity index (χ1v) is 3.99. The Kier molecular flexibility index (Phi) is 1.58. The molecule has 1 N–H and O–H groups in total. The molecule has 0 amide bonds. The third-order valence-electron chi connectivity index (χ3n) is 1.99. The van der Waals surface area contributed by atoms with Crippen LogP contribution in [-0.2, 0) is 0 Å². The third kappa shape index (κ3) is 0.916. The minimum Gasteiger partial charge on any atom is -0.361 e. The van der Waals surface area contributed by atoms with Crippen molar-refractivity contribution < 1.29 is 4.39 Å². The first-order chi connectivity index (χ1) is 5.70. The Bertz CT molecular complexity index is 433. The van der Waals surface area contributed by atoms with Gasteiger partial charge < -0.3 is 4.98 Å². The minimum absolute atomic E-state index is 0.276. The number of rotatable bonds is 0. The molecule has 0 atom stereocenters. The van der Waals surface area contributed by atoms with Gasteiger partial charge in [-0.25, -0.2) is 4.39 Å². The molecule has 0 aliphatic rings. The molecule has 2 aromatic rings. The van der Waals surface area contributed by atoms with E-state index in [9.17, 15) is 4.39 Å². The van der Waals surface area contributed by atoms with E-state index < -0.39 is 0 Å². The van der Waals surface area contributed by atoms with Gasteiger partial charge in [0.25, 0.3) is 0 Å². The molecule has 0 bridgehead atoms. The first-order valence-electron chi connectivity index (χ1n) is 3.62. The van der Waals surface area contributed by atoms with Gasteiger partial charge in [-0.3, -0.25) is 0 Å². The normalized spacial score (nSPS) is 10.9. The summed E-state index contributed by atoms with van der Waals surface area (Å²) >= 11 is 5.79. The van der Waals surface area contributed by atoms with Crippen LogP contribution in [0.1, 0.15) is 5.56 Å². The molecule has 0 aliphatic carbocycles. The zero-order valence-corrected chi connectivity index (χ0v) is 7.24. The number of halogens is 2. The maximum Gasteiger partial charge on any atom is 0.134 e. The van der Waals surface area contributed by atoms with Gasteiger partial charge in [0.15, 0.2) is 0 Å². The molecular weight excluding hydrogens is 177 g/mol. The van der Waals surface area contributed by atoms with E-state index in [-0.39, 0.29) is 5.82 Å². The molecule has 1 heterocycles. The predicted molar refractivity (Wildman–Crippen MR) is 48.0 cm³/mol. The summed E-state index contributed by atoms with van der Waals surface area (Å²) in [6.07, 6.45) is 1.71. The average molecular weight is 184 g/mol. The van der Waals surface area contributed by atoms with Crippen molar-refractivity contribution in [1.29, 1.82) is 0 Å². The van der Waals surface area contributed by atoms with E-state index >= 15 is 0 Å². The van der Waals surface area contributed by atoms with E-state index in [1.165, 1.54) is 6.07 Å². The zero-order chi connectivity index (χ0) is 8.72. The van der Waals surface area contributed by atoms with Crippen LogP contribution in [0.3, 0.4) is 0 Å². The van der Waals surface area contributed by atoms with Crippen molar-refractivity contribution in [2.75, 3.05) is 0 Å². The van der Waals surface area contributed by atoms with Gasteiger partial charge in [0.2, 0.25) is 0 Å². The Morgan fingerprint density at radius 1 is 1.50 bits per heavy atom. The average Bonchev–Trinajstić information content (AvgIpc) is 2.48. The molecule has 0 radical (unpaired) electrons. The molecule has 0 spiro atoms. The molecule has 62 valence electrons. The molecule has 1 aromatic heterocycles. The number of H-pyrrole nitrogens is 1. The summed E-state index contributed by atoms with van der Waals surface area (Å²) in [5, 5.41) is 1.05. The smallest absolute Gasteiger partial charge is 0.134 e. The molecule has 0 fully saturated rings. The van der Waals surface area contributed by atoms with Crippen molar-refractivity contribution in [2.24, 2.45) is 0 Å². The molecule has 0 saturated heterocycles. The van der Waals surface area contributed by atoms with E-state index in [1.54, 1.807) is 12.3 Å². The lowest BCUT2D eigenvalue weighted by molar-refractivity contribution is 0.640. The van der Waals surface area contributed by atoms with Crippen LogP contribution >= 0.6 is 11.6 Å². The van der Waals surface area contributed by atoms with Gasteiger partial charge in [-0.1, -0.05) is 11.6 Å². The molecule has 0 unspecified atom stereocenters. The molecule has 12 heavy (non-hydrogen) atoms. The number of hydrogen-bond donors (Lipinski definition) is 1. The number of aryl methyl sites for hydroxylation is 1. The summed E-state index contributed by atoms with van der Waals surface area (Å²) in [6.45, 7) is 1.86. The largest absolute Gasteiger partial charge is 0.361 e. The van der Waals surface area contributed by atoms with E-state index in [0.717, 1.165) is 11.1 Å². The minimum atomic E-state index is -0.276. The predicted octanol–water partition coefficient (Wildman–Crippen LogP) is 3.27. The first kappa shape index (κ1) is 7.62. The lowest BCUT2D eigenvalue weighted by atomic mass is 10.1. The van der Waals surface area contributed by atoms with Crippen molar-refractivity contribution in [3.8, 4) is 0 Å². The van der Waals surface area contributed by atoms with Crippen molar-refractivity contribution in [1.82, 2.24) is 4.98 Å². The summed E-state index contributed by atoms with van der Waals surface area (Å²) in [5.41, 5.74) is 1.66. The molecule has 3 heteroatoms. The fourth-order valence-corrected chi connectivity index (χ4v) is 1.49. The van der Waals surface area contributed by atoms with E-state index in [4.69, 9.17) is 11.6 Å². The topological polar surface area (TPSA) is 15.8 Å². The van der Waals surface area contributed by atoms with Gasteiger partial charge in [-0.15, -0.1) is 0 Å². The third-order valence-corrected chi connectivity index (χ3v) is 2.38. The highest BCUT2D eigenvalue weighted by Crippen LogP contribution is 2.26. The summed E-state index contributed by atoms with van der Waals surface area (Å²) in [5.74, 6) is -0.276. The number of fused-ring (bicyclic) bond motifs is 1. The van der Waals surface area contributed by atoms with Gasteiger partial charge >= 0.3 is 0 Å². The van der Waals surface area contributed by atoms with Crippen LogP contribution in [0.15, 0.2) is 18.3 Å². The molecule has 1 nitrogen and oxygen atoms in total. The molecule has 0 aliphatic heterocycles. The number of aromatic nitrogens is 1. The van der Waals surface area contributed by atoms with Crippen LogP contribution in [0.25, 0.3) is 10.9 Å². The molecule has 2 rings (SSSR count). The second-order valence-corrected chi connectivity index (χ2v) is 3.14. The maximum absolute atomic E-state index is 13.2. The fraction of sp³-hybridized carbons (Fsp3) is 0.111. The Morgan fingerprint density at radius 3 is 3.00 bits per heavy atom. The van der Waals surface area contributed by atoms with Crippen LogP contribution in [-0.4, -0.2) is 4.98 Å². The van der Waals surface area contributed by atoms with Gasteiger partial charge in [0.1, 0.15) is 5.82 Å². The fourth-order valence-electron chi connectivity index (χ4n) is 1.30. The van der Waals surface area contributed by atoms with Crippen LogP contribution in [0.2, 0.25) is 5.02 Å². The second kappa shape index (κ2) is 2.49. The van der Waals surface area contributed by atoms with Crippen LogP contribution in [0.5, 0.6) is 0 Å². The Morgan fingerprint density at radius 2 is 2.25 bits per heavy atom. The second-order valence-electron chi connectivity index (χ2n) is 2.73. The highest BCUT2D eigenvalue weighted by atomic mass is 35.5. The maximum atomic E-state index is 13.2. The Hall–Kier alpha value is -1.02. The zero-order valence-electron chi connectivity index (χ0n) is 6.49. The van der Waals surface area contributed by atoms with Gasteiger partial charge in [-0.2, -0.15) is 0 Å².